The van der Waals surface area contributed by atoms with E-state index >= 15 is 0 Å². The van der Waals surface area contributed by atoms with Gasteiger partial charge in [0, 0.05) is 45.3 Å². The molecule has 5 heteroatoms. The summed E-state index contributed by atoms with van der Waals surface area (Å²) in [4.78, 5) is 16.7. The van der Waals surface area contributed by atoms with Crippen molar-refractivity contribution in [2.75, 3.05) is 45.8 Å². The smallest absolute Gasteiger partial charge is 0.234 e. The minimum atomic E-state index is 0.205. The summed E-state index contributed by atoms with van der Waals surface area (Å²) in [6, 6.07) is 0.414. The number of nitrogens with zero attached hydrogens (tertiary/aromatic N) is 2. The first-order chi connectivity index (χ1) is 9.67. The van der Waals surface area contributed by atoms with Gasteiger partial charge in [-0.3, -0.25) is 14.6 Å². The molecular formula is C15H30N4O. The predicted octanol–water partition coefficient (Wildman–Crippen LogP) is 0.258. The van der Waals surface area contributed by atoms with Crippen molar-refractivity contribution >= 4 is 5.91 Å². The molecule has 0 atom stereocenters. The van der Waals surface area contributed by atoms with Crippen molar-refractivity contribution in [2.45, 2.75) is 38.6 Å². The minimum absolute atomic E-state index is 0.205. The lowest BCUT2D eigenvalue weighted by atomic mass is 9.87. The molecule has 1 saturated heterocycles. The van der Waals surface area contributed by atoms with Gasteiger partial charge in [0.15, 0.2) is 0 Å². The molecule has 2 rings (SSSR count). The van der Waals surface area contributed by atoms with Gasteiger partial charge < -0.3 is 11.1 Å². The number of nitrogens with one attached hydrogen (secondary N) is 1. The molecule has 0 aromatic carbocycles. The minimum Gasteiger partial charge on any atom is -0.352 e. The van der Waals surface area contributed by atoms with Crippen LogP contribution in [0.15, 0.2) is 0 Å². The van der Waals surface area contributed by atoms with E-state index in [-0.39, 0.29) is 5.91 Å². The molecule has 20 heavy (non-hydrogen) atoms. The van der Waals surface area contributed by atoms with Gasteiger partial charge in [-0.1, -0.05) is 6.92 Å². The maximum atomic E-state index is 12.1. The van der Waals surface area contributed by atoms with Gasteiger partial charge in [0.05, 0.1) is 6.54 Å². The third kappa shape index (κ3) is 5.04. The van der Waals surface area contributed by atoms with E-state index in [2.05, 4.69) is 22.0 Å². The first-order valence-electron chi connectivity index (χ1n) is 8.11. The molecule has 0 aromatic rings. The fourth-order valence-corrected chi connectivity index (χ4v) is 3.23. The molecule has 0 bridgehead atoms. The van der Waals surface area contributed by atoms with Crippen molar-refractivity contribution in [3.63, 3.8) is 0 Å². The van der Waals surface area contributed by atoms with Gasteiger partial charge >= 0.3 is 0 Å². The molecule has 1 aliphatic carbocycles. The Labute approximate surface area is 122 Å². The molecule has 5 nitrogen and oxygen atoms in total. The van der Waals surface area contributed by atoms with Gasteiger partial charge in [-0.05, 0) is 31.6 Å². The summed E-state index contributed by atoms with van der Waals surface area (Å²) in [6.07, 6.45) is 4.81. The van der Waals surface area contributed by atoms with Gasteiger partial charge in [0.25, 0.3) is 0 Å². The third-order valence-electron chi connectivity index (χ3n) is 4.66. The van der Waals surface area contributed by atoms with E-state index in [0.29, 0.717) is 12.6 Å². The normalized spacial score (nSPS) is 29.3. The number of carbonyl (C=O) groups is 1. The van der Waals surface area contributed by atoms with Crippen LogP contribution in [-0.4, -0.2) is 67.6 Å². The van der Waals surface area contributed by atoms with Crippen molar-refractivity contribution in [2.24, 2.45) is 11.7 Å². The molecule has 1 amide bonds. The SMILES string of the molecule is CC1CCC(NC(=O)CN2CCN(CCN)CC2)CC1. The van der Waals surface area contributed by atoms with E-state index in [1.54, 1.807) is 0 Å². The lowest BCUT2D eigenvalue weighted by molar-refractivity contribution is -0.123. The van der Waals surface area contributed by atoms with Crippen molar-refractivity contribution < 1.29 is 4.79 Å². The Balaban J connectivity index is 1.63. The average Bonchev–Trinajstić information content (AvgIpc) is 2.44. The standard InChI is InChI=1S/C15H30N4O/c1-13-2-4-14(5-3-13)17-15(20)12-19-10-8-18(7-6-16)9-11-19/h13-14H,2-12,16H2,1H3,(H,17,20). The molecule has 0 spiro atoms. The second-order valence-corrected chi connectivity index (χ2v) is 6.43. The van der Waals surface area contributed by atoms with Crippen LogP contribution in [0.5, 0.6) is 0 Å². The van der Waals surface area contributed by atoms with Crippen LogP contribution in [0.2, 0.25) is 0 Å². The summed E-state index contributed by atoms with van der Waals surface area (Å²) in [5.74, 6) is 1.04. The molecule has 0 radical (unpaired) electrons. The maximum absolute atomic E-state index is 12.1. The van der Waals surface area contributed by atoms with Gasteiger partial charge in [-0.25, -0.2) is 0 Å². The fourth-order valence-electron chi connectivity index (χ4n) is 3.23. The molecular weight excluding hydrogens is 252 g/mol. The van der Waals surface area contributed by atoms with Crippen molar-refractivity contribution in [1.29, 1.82) is 0 Å². The fraction of sp³-hybridized carbons (Fsp3) is 0.933. The molecule has 3 N–H and O–H groups in total. The highest BCUT2D eigenvalue weighted by atomic mass is 16.2. The highest BCUT2D eigenvalue weighted by Gasteiger charge is 2.22. The second kappa shape index (κ2) is 7.96. The quantitative estimate of drug-likeness (QED) is 0.759. The Hall–Kier alpha value is -0.650. The molecule has 2 fully saturated rings. The van der Waals surface area contributed by atoms with Crippen LogP contribution in [-0.2, 0) is 4.79 Å². The summed E-state index contributed by atoms with van der Waals surface area (Å²) in [5, 5.41) is 3.21. The van der Waals surface area contributed by atoms with Crippen LogP contribution in [0.3, 0.4) is 0 Å². The Bertz CT molecular complexity index is 294. The van der Waals surface area contributed by atoms with Crippen LogP contribution >= 0.6 is 0 Å². The van der Waals surface area contributed by atoms with Crippen molar-refractivity contribution in [3.8, 4) is 0 Å². The third-order valence-corrected chi connectivity index (χ3v) is 4.66. The van der Waals surface area contributed by atoms with Crippen LogP contribution in [0.4, 0.5) is 0 Å². The highest BCUT2D eigenvalue weighted by molar-refractivity contribution is 5.78. The van der Waals surface area contributed by atoms with E-state index in [4.69, 9.17) is 5.73 Å². The summed E-state index contributed by atoms with van der Waals surface area (Å²) in [6.45, 7) is 8.59. The zero-order valence-electron chi connectivity index (χ0n) is 12.8. The zero-order chi connectivity index (χ0) is 14.4. The molecule has 116 valence electrons. The maximum Gasteiger partial charge on any atom is 0.234 e. The Kier molecular flexibility index (Phi) is 6.26. The van der Waals surface area contributed by atoms with E-state index in [0.717, 1.165) is 58.0 Å². The largest absolute Gasteiger partial charge is 0.352 e. The molecule has 0 unspecified atom stereocenters. The number of carbonyl (C=O) groups excluding carboxylic acids is 1. The Morgan fingerprint density at radius 2 is 1.70 bits per heavy atom. The molecule has 2 aliphatic rings. The van der Waals surface area contributed by atoms with Gasteiger partial charge in [0.2, 0.25) is 5.91 Å². The molecule has 1 heterocycles. The molecule has 1 aliphatic heterocycles. The predicted molar refractivity (Wildman–Crippen MR) is 81.5 cm³/mol. The van der Waals surface area contributed by atoms with Crippen LogP contribution in [0, 0.1) is 5.92 Å². The topological polar surface area (TPSA) is 61.6 Å². The number of nitrogens with two attached hydrogens (primary N) is 1. The lowest BCUT2D eigenvalue weighted by Gasteiger charge is -2.34. The van der Waals surface area contributed by atoms with Gasteiger partial charge in [-0.15, -0.1) is 0 Å². The zero-order valence-corrected chi connectivity index (χ0v) is 12.8. The number of hydrogen-bond acceptors (Lipinski definition) is 4. The summed E-state index contributed by atoms with van der Waals surface area (Å²) in [7, 11) is 0. The Morgan fingerprint density at radius 3 is 2.30 bits per heavy atom. The number of amides is 1. The van der Waals surface area contributed by atoms with Crippen LogP contribution in [0.1, 0.15) is 32.6 Å². The van der Waals surface area contributed by atoms with Crippen molar-refractivity contribution in [1.82, 2.24) is 15.1 Å². The number of piperazine rings is 1. The van der Waals surface area contributed by atoms with E-state index in [9.17, 15) is 4.79 Å². The van der Waals surface area contributed by atoms with Gasteiger partial charge in [0.1, 0.15) is 0 Å². The van der Waals surface area contributed by atoms with E-state index < -0.39 is 0 Å². The van der Waals surface area contributed by atoms with Gasteiger partial charge in [-0.2, -0.15) is 0 Å². The second-order valence-electron chi connectivity index (χ2n) is 6.43. The highest BCUT2D eigenvalue weighted by Crippen LogP contribution is 2.23. The van der Waals surface area contributed by atoms with Crippen LogP contribution in [0.25, 0.3) is 0 Å². The number of rotatable bonds is 5. The van der Waals surface area contributed by atoms with E-state index in [1.165, 1.54) is 12.8 Å². The molecule has 0 aromatic heterocycles. The van der Waals surface area contributed by atoms with E-state index in [1.807, 2.05) is 0 Å². The Morgan fingerprint density at radius 1 is 1.10 bits per heavy atom. The van der Waals surface area contributed by atoms with Crippen molar-refractivity contribution in [3.05, 3.63) is 0 Å². The first kappa shape index (κ1) is 15.7. The average molecular weight is 282 g/mol. The first-order valence-corrected chi connectivity index (χ1v) is 8.11. The lowest BCUT2D eigenvalue weighted by Crippen LogP contribution is -2.51. The summed E-state index contributed by atoms with van der Waals surface area (Å²) < 4.78 is 0. The monoisotopic (exact) mass is 282 g/mol. The summed E-state index contributed by atoms with van der Waals surface area (Å²) >= 11 is 0. The summed E-state index contributed by atoms with van der Waals surface area (Å²) in [5.41, 5.74) is 5.57. The number of hydrogen-bond donors (Lipinski definition) is 2. The van der Waals surface area contributed by atoms with Crippen LogP contribution < -0.4 is 11.1 Å². The molecule has 1 saturated carbocycles.